The molecular weight excluding hydrogens is 610 g/mol. The van der Waals surface area contributed by atoms with Crippen molar-refractivity contribution in [1.29, 1.82) is 0 Å². The van der Waals surface area contributed by atoms with Crippen LogP contribution in [0.2, 0.25) is 0 Å². The van der Waals surface area contributed by atoms with Gasteiger partial charge in [0.2, 0.25) is 0 Å². The first kappa shape index (κ1) is 30.3. The molecule has 0 saturated heterocycles. The maximum atomic E-state index is 12.3. The number of nitrogens with one attached hydrogen (secondary N) is 4. The van der Waals surface area contributed by atoms with Crippen LogP contribution >= 0.6 is 28.5 Å². The lowest BCUT2D eigenvalue weighted by atomic mass is 10.1. The molecule has 3 aromatic heterocycles. The van der Waals surface area contributed by atoms with Crippen LogP contribution in [0.3, 0.4) is 0 Å². The van der Waals surface area contributed by atoms with Crippen LogP contribution in [0.4, 0.5) is 9.59 Å². The van der Waals surface area contributed by atoms with E-state index in [-0.39, 0.29) is 54.1 Å². The van der Waals surface area contributed by atoms with Gasteiger partial charge in [0, 0.05) is 74.4 Å². The number of nitrogens with zero attached hydrogens (tertiary/aromatic N) is 2. The molecule has 0 fully saturated rings. The van der Waals surface area contributed by atoms with E-state index in [9.17, 15) is 19.2 Å². The quantitative estimate of drug-likeness (QED) is 0.149. The third kappa shape index (κ3) is 7.62. The van der Waals surface area contributed by atoms with E-state index in [1.807, 2.05) is 12.1 Å². The third-order valence-electron chi connectivity index (χ3n) is 6.38. The molecule has 0 aliphatic heterocycles. The molecule has 2 unspecified atom stereocenters. The maximum Gasteiger partial charge on any atom is 0.406 e. The average molecular weight is 639 g/mol. The van der Waals surface area contributed by atoms with E-state index in [1.165, 1.54) is 14.2 Å². The highest BCUT2D eigenvalue weighted by Gasteiger charge is 2.14. The zero-order valence-electron chi connectivity index (χ0n) is 23.2. The normalized spacial score (nSPS) is 11.6. The minimum absolute atomic E-state index is 0.0162. The number of rotatable bonds is 12. The third-order valence-corrected chi connectivity index (χ3v) is 9.53. The average Bonchev–Trinajstić information content (AvgIpc) is 3.75. The lowest BCUT2D eigenvalue weighted by molar-refractivity contribution is -0.111. The van der Waals surface area contributed by atoms with Crippen molar-refractivity contribution in [3.8, 4) is 22.5 Å². The van der Waals surface area contributed by atoms with Gasteiger partial charge in [0.15, 0.2) is 11.0 Å². The summed E-state index contributed by atoms with van der Waals surface area (Å²) in [4.78, 5) is 62.1. The molecule has 0 aliphatic carbocycles. The topological polar surface area (TPSA) is 168 Å². The summed E-state index contributed by atoms with van der Waals surface area (Å²) >= 11 is 1.68. The second kappa shape index (κ2) is 13.9. The van der Waals surface area contributed by atoms with Crippen molar-refractivity contribution in [3.05, 3.63) is 48.8 Å². The molecule has 5 aromatic rings. The summed E-state index contributed by atoms with van der Waals surface area (Å²) in [6.45, 7) is 0.436. The minimum Gasteiger partial charge on any atom is -0.453 e. The number of methoxy groups -OCH3 is 2. The maximum absolute atomic E-state index is 12.3. The summed E-state index contributed by atoms with van der Waals surface area (Å²) in [5.41, 5.74) is 4.74. The zero-order chi connectivity index (χ0) is 30.3. The number of amides is 2. The lowest BCUT2D eigenvalue weighted by Crippen LogP contribution is -2.25. The van der Waals surface area contributed by atoms with E-state index in [2.05, 4.69) is 64.3 Å². The fourth-order valence-corrected chi connectivity index (χ4v) is 7.13. The van der Waals surface area contributed by atoms with Crippen LogP contribution in [0.15, 0.2) is 48.8 Å². The summed E-state index contributed by atoms with van der Waals surface area (Å²) in [5, 5.41) is 7.29. The molecule has 0 bridgehead atoms. The Kier molecular flexibility index (Phi) is 9.76. The van der Waals surface area contributed by atoms with Gasteiger partial charge >= 0.3 is 12.2 Å². The number of aromatic amines is 2. The summed E-state index contributed by atoms with van der Waals surface area (Å²) in [5.74, 6) is 0. The van der Waals surface area contributed by atoms with Crippen molar-refractivity contribution in [2.45, 2.75) is 12.8 Å². The first-order chi connectivity index (χ1) is 20.8. The molecule has 3 heterocycles. The predicted octanol–water partition coefficient (Wildman–Crippen LogP) is 3.99. The fraction of sp³-hybridized carbons (Fsp3) is 0.214. The van der Waals surface area contributed by atoms with Gasteiger partial charge in [-0.25, -0.2) is 19.6 Å². The van der Waals surface area contributed by atoms with Crippen LogP contribution in [0.25, 0.3) is 42.7 Å². The molecule has 2 aromatic carbocycles. The van der Waals surface area contributed by atoms with Gasteiger partial charge in [-0.05, 0) is 12.1 Å². The van der Waals surface area contributed by atoms with Crippen LogP contribution in [0, 0.1) is 0 Å². The number of thiophene rings is 1. The highest BCUT2D eigenvalue weighted by Crippen LogP contribution is 2.38. The van der Waals surface area contributed by atoms with E-state index in [0.717, 1.165) is 42.7 Å². The van der Waals surface area contributed by atoms with Crippen molar-refractivity contribution < 1.29 is 28.7 Å². The Morgan fingerprint density at radius 1 is 0.744 bits per heavy atom. The van der Waals surface area contributed by atoms with E-state index in [1.54, 1.807) is 23.7 Å². The number of carbonyl (C=O) groups excluding carboxylic acids is 4. The van der Waals surface area contributed by atoms with E-state index in [0.29, 0.717) is 11.1 Å². The van der Waals surface area contributed by atoms with Crippen molar-refractivity contribution in [3.63, 3.8) is 0 Å². The number of ether oxygens (including phenoxy) is 2. The predicted molar refractivity (Wildman–Crippen MR) is 170 cm³/mol. The van der Waals surface area contributed by atoms with E-state index in [4.69, 9.17) is 0 Å². The molecule has 0 radical (unpaired) electrons. The number of hydrogen-bond donors (Lipinski definition) is 4. The monoisotopic (exact) mass is 638 g/mol. The molecule has 0 spiro atoms. The second-order valence-electron chi connectivity index (χ2n) is 9.25. The second-order valence-corrected chi connectivity index (χ2v) is 12.9. The molecule has 5 rings (SSSR count). The van der Waals surface area contributed by atoms with Gasteiger partial charge in [-0.15, -0.1) is 11.3 Å². The number of hydrogen-bond acceptors (Lipinski definition) is 9. The van der Waals surface area contributed by atoms with Gasteiger partial charge in [-0.2, -0.15) is 0 Å². The summed E-state index contributed by atoms with van der Waals surface area (Å²) in [7, 11) is 2.28. The Hall–Kier alpha value is -4.18. The molecular formula is C28H28N6O6P2S. The van der Waals surface area contributed by atoms with Crippen LogP contribution in [0.5, 0.6) is 0 Å². The SMILES string of the molecule is COC(=O)NCCC(=O)Pc1ncc(-c2ccc3c(c2)sc2cc(-c4cnc(PC(=O)CCNC(=O)OC)[nH]4)ccc23)[nH]1. The van der Waals surface area contributed by atoms with Gasteiger partial charge in [-0.1, -0.05) is 24.3 Å². The number of alkyl carbamates (subject to hydrolysis) is 2. The van der Waals surface area contributed by atoms with E-state index < -0.39 is 12.2 Å². The number of carbonyl (C=O) groups is 4. The number of benzene rings is 2. The molecule has 2 atom stereocenters. The molecule has 222 valence electrons. The van der Waals surface area contributed by atoms with Crippen LogP contribution < -0.4 is 21.8 Å². The Morgan fingerprint density at radius 2 is 1.19 bits per heavy atom. The van der Waals surface area contributed by atoms with Crippen molar-refractivity contribution >= 4 is 83.0 Å². The molecule has 2 amide bonds. The molecule has 0 aliphatic rings. The standard InChI is InChI=1S/C28H28N6O6P2S/c1-39-27(37)29-9-7-23(35)41-25-31-13-19(33-25)15-3-5-17-18-6-4-16(12-22(18)43-21(17)11-15)20-14-32-26(34-20)42-24(36)8-10-30-28(38)40-2/h3-6,11-14,41-42H,7-10H2,1-2H3,(H,29,37)(H,30,38)(H,31,33)(H,32,34). The highest BCUT2D eigenvalue weighted by molar-refractivity contribution is 7.65. The Balaban J connectivity index is 1.25. The summed E-state index contributed by atoms with van der Waals surface area (Å²) < 4.78 is 11.2. The Morgan fingerprint density at radius 3 is 1.60 bits per heavy atom. The smallest absolute Gasteiger partial charge is 0.406 e. The number of H-pyrrole nitrogens is 2. The summed E-state index contributed by atoms with van der Waals surface area (Å²) in [6.07, 6.45) is 2.74. The number of imidazole rings is 2. The van der Waals surface area contributed by atoms with Crippen molar-refractivity contribution in [2.24, 2.45) is 0 Å². The molecule has 15 heteroatoms. The first-order valence-corrected chi connectivity index (χ1v) is 15.9. The lowest BCUT2D eigenvalue weighted by Gasteiger charge is -2.02. The Bertz CT molecular complexity index is 1690. The number of aromatic nitrogens is 4. The van der Waals surface area contributed by atoms with Gasteiger partial charge in [0.25, 0.3) is 0 Å². The van der Waals surface area contributed by atoms with Crippen LogP contribution in [-0.4, -0.2) is 70.5 Å². The molecule has 0 saturated carbocycles. The van der Waals surface area contributed by atoms with Crippen LogP contribution in [-0.2, 0) is 19.1 Å². The molecule has 12 nitrogen and oxygen atoms in total. The fourth-order valence-electron chi connectivity index (χ4n) is 4.26. The van der Waals surface area contributed by atoms with Crippen molar-refractivity contribution in [1.82, 2.24) is 30.6 Å². The Labute approximate surface area is 253 Å². The molecule has 4 N–H and O–H groups in total. The van der Waals surface area contributed by atoms with Gasteiger partial charge in [0.1, 0.15) is 11.1 Å². The first-order valence-electron chi connectivity index (χ1n) is 13.1. The van der Waals surface area contributed by atoms with Crippen molar-refractivity contribution in [2.75, 3.05) is 27.3 Å². The highest BCUT2D eigenvalue weighted by atomic mass is 32.1. The van der Waals surface area contributed by atoms with Gasteiger partial charge < -0.3 is 30.1 Å². The molecule has 43 heavy (non-hydrogen) atoms. The zero-order valence-corrected chi connectivity index (χ0v) is 26.0. The van der Waals surface area contributed by atoms with Gasteiger partial charge in [-0.3, -0.25) is 9.59 Å². The number of fused-ring (bicyclic) bond motifs is 3. The summed E-state index contributed by atoms with van der Waals surface area (Å²) in [6, 6.07) is 12.5. The van der Waals surface area contributed by atoms with Crippen LogP contribution in [0.1, 0.15) is 12.8 Å². The van der Waals surface area contributed by atoms with E-state index >= 15 is 0 Å². The van der Waals surface area contributed by atoms with Gasteiger partial charge in [0.05, 0.1) is 38.0 Å². The minimum atomic E-state index is -0.562. The largest absolute Gasteiger partial charge is 0.453 e.